The Morgan fingerprint density at radius 2 is 2.23 bits per heavy atom. The van der Waals surface area contributed by atoms with Crippen LogP contribution in [0.5, 0.6) is 0 Å². The second kappa shape index (κ2) is 6.77. The number of hydrogen-bond donors (Lipinski definition) is 3. The van der Waals surface area contributed by atoms with E-state index in [0.29, 0.717) is 12.1 Å². The average Bonchev–Trinajstić information content (AvgIpc) is 2.48. The van der Waals surface area contributed by atoms with Crippen LogP contribution in [0.15, 0.2) is 18.2 Å². The van der Waals surface area contributed by atoms with Crippen molar-refractivity contribution in [3.05, 3.63) is 34.9 Å². The summed E-state index contributed by atoms with van der Waals surface area (Å²) >= 11 is 0. The number of carboxylic acids is 1. The second-order valence-corrected chi connectivity index (χ2v) is 6.45. The molecule has 0 radical (unpaired) electrons. The van der Waals surface area contributed by atoms with Crippen LogP contribution in [0.3, 0.4) is 0 Å². The van der Waals surface area contributed by atoms with Gasteiger partial charge in [-0.1, -0.05) is 19.9 Å². The van der Waals surface area contributed by atoms with Gasteiger partial charge in [0.25, 0.3) is 0 Å². The summed E-state index contributed by atoms with van der Waals surface area (Å²) in [6.07, 6.45) is 1.76. The fourth-order valence-corrected chi connectivity index (χ4v) is 3.42. The van der Waals surface area contributed by atoms with E-state index in [0.717, 1.165) is 24.9 Å². The van der Waals surface area contributed by atoms with Gasteiger partial charge in [-0.15, -0.1) is 0 Å². The van der Waals surface area contributed by atoms with Gasteiger partial charge in [-0.25, -0.2) is 4.79 Å². The number of nitrogens with one attached hydrogen (secondary N) is 1. The lowest BCUT2D eigenvalue weighted by molar-refractivity contribution is 0.0356. The molecule has 0 fully saturated rings. The molecule has 0 aromatic heterocycles. The highest BCUT2D eigenvalue weighted by atomic mass is 16.5. The van der Waals surface area contributed by atoms with Gasteiger partial charge in [0.1, 0.15) is 0 Å². The van der Waals surface area contributed by atoms with Gasteiger partial charge in [0.05, 0.1) is 11.7 Å². The van der Waals surface area contributed by atoms with E-state index in [9.17, 15) is 9.90 Å². The Kier molecular flexibility index (Phi) is 5.21. The molecular weight excluding hydrogens is 280 g/mol. The summed E-state index contributed by atoms with van der Waals surface area (Å²) < 4.78 is 5.69. The van der Waals surface area contributed by atoms with Crippen molar-refractivity contribution in [3.8, 4) is 0 Å². The third kappa shape index (κ3) is 3.16. The number of ether oxygens (including phenoxy) is 1. The monoisotopic (exact) mass is 306 g/mol. The van der Waals surface area contributed by atoms with Crippen LogP contribution in [0.4, 0.5) is 0 Å². The minimum atomic E-state index is -0.889. The highest BCUT2D eigenvalue weighted by Crippen LogP contribution is 2.38. The predicted molar refractivity (Wildman–Crippen MR) is 86.4 cm³/mol. The van der Waals surface area contributed by atoms with E-state index < -0.39 is 5.97 Å². The third-order valence-corrected chi connectivity index (χ3v) is 4.67. The quantitative estimate of drug-likeness (QED) is 0.694. The summed E-state index contributed by atoms with van der Waals surface area (Å²) in [5, 5.41) is 12.8. The normalized spacial score (nSPS) is 23.1. The maximum absolute atomic E-state index is 11.3. The first-order valence-electron chi connectivity index (χ1n) is 7.74. The van der Waals surface area contributed by atoms with Crippen LogP contribution in [0.1, 0.15) is 41.8 Å². The highest BCUT2D eigenvalue weighted by Gasteiger charge is 2.42. The molecule has 22 heavy (non-hydrogen) atoms. The van der Waals surface area contributed by atoms with Crippen LogP contribution in [0, 0.1) is 0 Å². The SMILES string of the molecule is CO[C@H]1Cc2ccc(C(=O)O)cc2C(C)(C)[C@@H]1NCCCN. The number of fused-ring (bicyclic) bond motifs is 1. The van der Waals surface area contributed by atoms with Gasteiger partial charge in [0.15, 0.2) is 0 Å². The zero-order valence-corrected chi connectivity index (χ0v) is 13.6. The first-order valence-corrected chi connectivity index (χ1v) is 7.74. The molecule has 0 bridgehead atoms. The van der Waals surface area contributed by atoms with Gasteiger partial charge in [-0.05, 0) is 42.8 Å². The van der Waals surface area contributed by atoms with E-state index in [1.54, 1.807) is 19.2 Å². The zero-order valence-electron chi connectivity index (χ0n) is 13.6. The Morgan fingerprint density at radius 3 is 2.82 bits per heavy atom. The molecule has 5 heteroatoms. The maximum Gasteiger partial charge on any atom is 0.335 e. The topological polar surface area (TPSA) is 84.6 Å². The van der Waals surface area contributed by atoms with Gasteiger partial charge in [0, 0.05) is 25.0 Å². The Balaban J connectivity index is 2.37. The molecule has 1 aliphatic carbocycles. The van der Waals surface area contributed by atoms with Crippen molar-refractivity contribution in [2.45, 2.75) is 44.2 Å². The number of methoxy groups -OCH3 is 1. The van der Waals surface area contributed by atoms with Crippen molar-refractivity contribution in [2.75, 3.05) is 20.2 Å². The molecule has 1 aromatic carbocycles. The van der Waals surface area contributed by atoms with E-state index in [1.807, 2.05) is 6.07 Å². The first-order chi connectivity index (χ1) is 10.4. The van der Waals surface area contributed by atoms with Gasteiger partial charge < -0.3 is 20.9 Å². The van der Waals surface area contributed by atoms with Crippen LogP contribution in [0.2, 0.25) is 0 Å². The number of nitrogens with two attached hydrogens (primary N) is 1. The molecule has 2 atom stereocenters. The molecule has 0 saturated heterocycles. The molecule has 0 unspecified atom stereocenters. The molecule has 122 valence electrons. The molecule has 0 amide bonds. The highest BCUT2D eigenvalue weighted by molar-refractivity contribution is 5.88. The van der Waals surface area contributed by atoms with Crippen molar-refractivity contribution in [2.24, 2.45) is 5.73 Å². The van der Waals surface area contributed by atoms with Gasteiger partial charge in [0.2, 0.25) is 0 Å². The Morgan fingerprint density at radius 1 is 1.50 bits per heavy atom. The molecule has 4 N–H and O–H groups in total. The molecule has 0 heterocycles. The Labute approximate surface area is 131 Å². The van der Waals surface area contributed by atoms with Gasteiger partial charge in [-0.2, -0.15) is 0 Å². The lowest BCUT2D eigenvalue weighted by Gasteiger charge is -2.45. The van der Waals surface area contributed by atoms with E-state index in [1.165, 1.54) is 5.56 Å². The summed E-state index contributed by atoms with van der Waals surface area (Å²) in [4.78, 5) is 11.3. The number of benzene rings is 1. The van der Waals surface area contributed by atoms with Crippen LogP contribution < -0.4 is 11.1 Å². The van der Waals surface area contributed by atoms with Crippen molar-refractivity contribution in [1.82, 2.24) is 5.32 Å². The van der Waals surface area contributed by atoms with Gasteiger partial charge in [-0.3, -0.25) is 0 Å². The zero-order chi connectivity index (χ0) is 16.3. The minimum absolute atomic E-state index is 0.0657. The fourth-order valence-electron chi connectivity index (χ4n) is 3.42. The average molecular weight is 306 g/mol. The van der Waals surface area contributed by atoms with Crippen LogP contribution in [0.25, 0.3) is 0 Å². The fraction of sp³-hybridized carbons (Fsp3) is 0.588. The number of hydrogen-bond acceptors (Lipinski definition) is 4. The molecule has 1 aromatic rings. The maximum atomic E-state index is 11.3. The first kappa shape index (κ1) is 16.9. The molecule has 0 saturated carbocycles. The molecule has 0 spiro atoms. The summed E-state index contributed by atoms with van der Waals surface area (Å²) in [6, 6.07) is 5.52. The smallest absolute Gasteiger partial charge is 0.335 e. The number of carboxylic acid groups (broad SMARTS) is 1. The number of rotatable bonds is 6. The van der Waals surface area contributed by atoms with Crippen molar-refractivity contribution in [1.29, 1.82) is 0 Å². The van der Waals surface area contributed by atoms with Crippen molar-refractivity contribution < 1.29 is 14.6 Å². The minimum Gasteiger partial charge on any atom is -0.478 e. The van der Waals surface area contributed by atoms with E-state index >= 15 is 0 Å². The summed E-state index contributed by atoms with van der Waals surface area (Å²) in [7, 11) is 1.73. The summed E-state index contributed by atoms with van der Waals surface area (Å²) in [5.41, 5.74) is 7.95. The van der Waals surface area contributed by atoms with Crippen molar-refractivity contribution >= 4 is 5.97 Å². The Bertz CT molecular complexity index is 543. The number of aromatic carboxylic acids is 1. The van der Waals surface area contributed by atoms with Gasteiger partial charge >= 0.3 is 5.97 Å². The third-order valence-electron chi connectivity index (χ3n) is 4.67. The van der Waals surface area contributed by atoms with Crippen LogP contribution in [-0.2, 0) is 16.6 Å². The molecule has 2 rings (SSSR count). The lowest BCUT2D eigenvalue weighted by Crippen LogP contribution is -2.57. The van der Waals surface area contributed by atoms with E-state index in [2.05, 4.69) is 19.2 Å². The second-order valence-electron chi connectivity index (χ2n) is 6.45. The summed E-state index contributed by atoms with van der Waals surface area (Å²) in [5.74, 6) is -0.889. The largest absolute Gasteiger partial charge is 0.478 e. The standard InChI is InChI=1S/C17H26N2O3/c1-17(2)13-9-12(16(20)21)6-5-11(13)10-14(22-3)15(17)19-8-4-7-18/h5-6,9,14-15,19H,4,7-8,10,18H2,1-3H3,(H,20,21)/t14-,15+/m0/s1. The summed E-state index contributed by atoms with van der Waals surface area (Å²) in [6.45, 7) is 5.77. The predicted octanol–water partition coefficient (Wildman–Crippen LogP) is 1.54. The molecular formula is C17H26N2O3. The molecule has 0 aliphatic heterocycles. The van der Waals surface area contributed by atoms with E-state index in [-0.39, 0.29) is 17.6 Å². The van der Waals surface area contributed by atoms with Crippen LogP contribution in [-0.4, -0.2) is 43.4 Å². The number of carbonyl (C=O) groups is 1. The van der Waals surface area contributed by atoms with Crippen LogP contribution >= 0.6 is 0 Å². The van der Waals surface area contributed by atoms with Crippen molar-refractivity contribution in [3.63, 3.8) is 0 Å². The Hall–Kier alpha value is -1.43. The molecule has 1 aliphatic rings. The lowest BCUT2D eigenvalue weighted by atomic mass is 9.67. The molecule has 5 nitrogen and oxygen atoms in total. The van der Waals surface area contributed by atoms with E-state index in [4.69, 9.17) is 10.5 Å².